The Morgan fingerprint density at radius 1 is 1.09 bits per heavy atom. The van der Waals surface area contributed by atoms with Gasteiger partial charge in [-0.05, 0) is 49.1 Å². The van der Waals surface area contributed by atoms with Crippen LogP contribution in [-0.2, 0) is 13.0 Å². The Kier molecular flexibility index (Phi) is 3.78. The Hall–Kier alpha value is -2.29. The largest absolute Gasteiger partial charge is 0.492 e. The average molecular weight is 306 g/mol. The van der Waals surface area contributed by atoms with Gasteiger partial charge in [0.2, 0.25) is 0 Å². The number of rotatable bonds is 6. The van der Waals surface area contributed by atoms with E-state index in [9.17, 15) is 0 Å². The fraction of sp³-hybridized carbons (Fsp3) is 0.350. The number of para-hydroxylation sites is 2. The fourth-order valence-corrected chi connectivity index (χ4v) is 3.06. The summed E-state index contributed by atoms with van der Waals surface area (Å²) in [7, 11) is 0. The van der Waals surface area contributed by atoms with E-state index < -0.39 is 0 Å². The molecule has 0 N–H and O–H groups in total. The molecule has 3 nitrogen and oxygen atoms in total. The normalized spacial score (nSPS) is 14.3. The monoisotopic (exact) mass is 306 g/mol. The van der Waals surface area contributed by atoms with Crippen molar-refractivity contribution < 1.29 is 4.74 Å². The topological polar surface area (TPSA) is 27.1 Å². The summed E-state index contributed by atoms with van der Waals surface area (Å²) >= 11 is 0. The zero-order valence-corrected chi connectivity index (χ0v) is 13.5. The Balaban J connectivity index is 1.49. The van der Waals surface area contributed by atoms with Gasteiger partial charge in [0.1, 0.15) is 18.2 Å². The molecule has 1 fully saturated rings. The lowest BCUT2D eigenvalue weighted by atomic mass is 10.2. The molecule has 1 aromatic heterocycles. The maximum atomic E-state index is 5.93. The van der Waals surface area contributed by atoms with Crippen molar-refractivity contribution >= 4 is 11.0 Å². The maximum Gasteiger partial charge on any atom is 0.119 e. The first-order valence-corrected chi connectivity index (χ1v) is 8.52. The first-order chi connectivity index (χ1) is 11.3. The van der Waals surface area contributed by atoms with Crippen molar-refractivity contribution in [1.82, 2.24) is 9.55 Å². The second kappa shape index (κ2) is 6.07. The molecule has 0 bridgehead atoms. The summed E-state index contributed by atoms with van der Waals surface area (Å²) in [6.45, 7) is 3.69. The number of hydrogen-bond acceptors (Lipinski definition) is 2. The van der Waals surface area contributed by atoms with E-state index >= 15 is 0 Å². The minimum absolute atomic E-state index is 0.645. The fourth-order valence-electron chi connectivity index (χ4n) is 3.06. The summed E-state index contributed by atoms with van der Waals surface area (Å²) in [5.74, 6) is 2.82. The zero-order chi connectivity index (χ0) is 15.6. The maximum absolute atomic E-state index is 5.93. The highest BCUT2D eigenvalue weighted by molar-refractivity contribution is 5.76. The number of imidazole rings is 1. The van der Waals surface area contributed by atoms with Crippen molar-refractivity contribution in [3.63, 3.8) is 0 Å². The van der Waals surface area contributed by atoms with Crippen molar-refractivity contribution in [3.05, 3.63) is 59.9 Å². The molecule has 0 aliphatic heterocycles. The van der Waals surface area contributed by atoms with Crippen LogP contribution in [0.1, 0.15) is 37.1 Å². The van der Waals surface area contributed by atoms with Crippen LogP contribution in [0.5, 0.6) is 5.75 Å². The lowest BCUT2D eigenvalue weighted by Crippen LogP contribution is -2.10. The molecule has 1 saturated carbocycles. The molecular formula is C20H22N2O. The smallest absolute Gasteiger partial charge is 0.119 e. The van der Waals surface area contributed by atoms with Gasteiger partial charge in [0.05, 0.1) is 17.6 Å². The predicted octanol–water partition coefficient (Wildman–Crippen LogP) is 4.56. The van der Waals surface area contributed by atoms with Gasteiger partial charge in [0.25, 0.3) is 0 Å². The van der Waals surface area contributed by atoms with Crippen LogP contribution in [0.4, 0.5) is 0 Å². The molecule has 3 heteroatoms. The highest BCUT2D eigenvalue weighted by atomic mass is 16.5. The van der Waals surface area contributed by atoms with Crippen molar-refractivity contribution in [1.29, 1.82) is 0 Å². The van der Waals surface area contributed by atoms with E-state index in [4.69, 9.17) is 9.72 Å². The molecule has 1 aliphatic rings. The van der Waals surface area contributed by atoms with Gasteiger partial charge in [-0.25, -0.2) is 4.98 Å². The van der Waals surface area contributed by atoms with Gasteiger partial charge < -0.3 is 9.30 Å². The van der Waals surface area contributed by atoms with Crippen LogP contribution >= 0.6 is 0 Å². The lowest BCUT2D eigenvalue weighted by Gasteiger charge is -2.11. The van der Waals surface area contributed by atoms with Crippen molar-refractivity contribution in [3.8, 4) is 5.75 Å². The quantitative estimate of drug-likeness (QED) is 0.668. The molecule has 4 rings (SSSR count). The van der Waals surface area contributed by atoms with Crippen molar-refractivity contribution in [2.24, 2.45) is 0 Å². The molecule has 3 aromatic rings. The Labute approximate surface area is 136 Å². The van der Waals surface area contributed by atoms with Crippen LogP contribution in [0.25, 0.3) is 11.0 Å². The van der Waals surface area contributed by atoms with E-state index in [0.717, 1.165) is 24.2 Å². The molecule has 2 aromatic carbocycles. The third kappa shape index (κ3) is 2.96. The van der Waals surface area contributed by atoms with E-state index in [1.807, 2.05) is 0 Å². The van der Waals surface area contributed by atoms with Gasteiger partial charge in [-0.3, -0.25) is 0 Å². The summed E-state index contributed by atoms with van der Waals surface area (Å²) < 4.78 is 8.27. The number of aryl methyl sites for hydroxylation is 1. The third-order valence-electron chi connectivity index (χ3n) is 4.54. The van der Waals surface area contributed by atoms with Crippen molar-refractivity contribution in [2.75, 3.05) is 6.61 Å². The van der Waals surface area contributed by atoms with Crippen LogP contribution in [-0.4, -0.2) is 16.2 Å². The molecule has 1 aliphatic carbocycles. The number of hydrogen-bond donors (Lipinski definition) is 0. The van der Waals surface area contributed by atoms with Crippen LogP contribution in [0.3, 0.4) is 0 Å². The first kappa shape index (κ1) is 14.3. The van der Waals surface area contributed by atoms with E-state index in [1.54, 1.807) is 0 Å². The average Bonchev–Trinajstić information content (AvgIpc) is 3.38. The SMILES string of the molecule is CCc1ccc(OCCn2c(C3CC3)nc3ccccc32)cc1. The van der Waals surface area contributed by atoms with Gasteiger partial charge in [0.15, 0.2) is 0 Å². The lowest BCUT2D eigenvalue weighted by molar-refractivity contribution is 0.298. The summed E-state index contributed by atoms with van der Waals surface area (Å²) in [6, 6.07) is 16.8. The second-order valence-corrected chi connectivity index (χ2v) is 6.23. The summed E-state index contributed by atoms with van der Waals surface area (Å²) in [5, 5.41) is 0. The van der Waals surface area contributed by atoms with Gasteiger partial charge in [-0.1, -0.05) is 31.2 Å². The Bertz CT molecular complexity index is 800. The van der Waals surface area contributed by atoms with E-state index in [1.165, 1.54) is 29.7 Å². The van der Waals surface area contributed by atoms with Crippen LogP contribution < -0.4 is 4.74 Å². The van der Waals surface area contributed by atoms with E-state index in [-0.39, 0.29) is 0 Å². The van der Waals surface area contributed by atoms with E-state index in [0.29, 0.717) is 12.5 Å². The number of nitrogens with zero attached hydrogens (tertiary/aromatic N) is 2. The number of fused-ring (bicyclic) bond motifs is 1. The molecule has 0 atom stereocenters. The highest BCUT2D eigenvalue weighted by Crippen LogP contribution is 2.40. The Morgan fingerprint density at radius 2 is 1.87 bits per heavy atom. The van der Waals surface area contributed by atoms with Crippen LogP contribution in [0.15, 0.2) is 48.5 Å². The molecule has 118 valence electrons. The van der Waals surface area contributed by atoms with E-state index in [2.05, 4.69) is 60.0 Å². The molecule has 0 spiro atoms. The van der Waals surface area contributed by atoms with Gasteiger partial charge in [0, 0.05) is 5.92 Å². The molecule has 0 unspecified atom stereocenters. The molecule has 0 radical (unpaired) electrons. The summed E-state index contributed by atoms with van der Waals surface area (Å²) in [4.78, 5) is 4.83. The highest BCUT2D eigenvalue weighted by Gasteiger charge is 2.29. The molecule has 0 amide bonds. The first-order valence-electron chi connectivity index (χ1n) is 8.52. The predicted molar refractivity (Wildman–Crippen MR) is 93.0 cm³/mol. The number of aromatic nitrogens is 2. The minimum Gasteiger partial charge on any atom is -0.492 e. The standard InChI is InChI=1S/C20H22N2O/c1-2-15-7-11-17(12-8-15)23-14-13-22-19-6-4-3-5-18(19)21-20(22)16-9-10-16/h3-8,11-12,16H,2,9-10,13-14H2,1H3. The van der Waals surface area contributed by atoms with Crippen LogP contribution in [0, 0.1) is 0 Å². The van der Waals surface area contributed by atoms with Crippen molar-refractivity contribution in [2.45, 2.75) is 38.6 Å². The van der Waals surface area contributed by atoms with Gasteiger partial charge >= 0.3 is 0 Å². The van der Waals surface area contributed by atoms with Crippen LogP contribution in [0.2, 0.25) is 0 Å². The van der Waals surface area contributed by atoms with Gasteiger partial charge in [-0.15, -0.1) is 0 Å². The molecular weight excluding hydrogens is 284 g/mol. The van der Waals surface area contributed by atoms with Gasteiger partial charge in [-0.2, -0.15) is 0 Å². The second-order valence-electron chi connectivity index (χ2n) is 6.23. The number of benzene rings is 2. The number of ether oxygens (including phenoxy) is 1. The molecule has 0 saturated heterocycles. The molecule has 23 heavy (non-hydrogen) atoms. The minimum atomic E-state index is 0.645. The third-order valence-corrected chi connectivity index (χ3v) is 4.54. The summed E-state index contributed by atoms with van der Waals surface area (Å²) in [5.41, 5.74) is 3.66. The summed E-state index contributed by atoms with van der Waals surface area (Å²) in [6.07, 6.45) is 3.59. The zero-order valence-electron chi connectivity index (χ0n) is 13.5. The molecule has 1 heterocycles. The Morgan fingerprint density at radius 3 is 2.61 bits per heavy atom.